The molecule has 2 amide bonds. The smallest absolute Gasteiger partial charge is 0.243 e. The molecule has 0 radical (unpaired) electrons. The number of anilines is 1. The number of hydrogen-bond donors (Lipinski definition) is 1. The molecular weight excluding hydrogens is 581 g/mol. The van der Waals surface area contributed by atoms with Crippen LogP contribution in [0.4, 0.5) is 10.1 Å². The molecule has 1 fully saturated rings. The predicted molar refractivity (Wildman–Crippen MR) is 170 cm³/mol. The quantitative estimate of drug-likeness (QED) is 0.257. The van der Waals surface area contributed by atoms with Gasteiger partial charge in [-0.1, -0.05) is 61.7 Å². The fraction of sp³-hybridized carbons (Fsp3) is 0.412. The molecule has 4 rings (SSSR count). The summed E-state index contributed by atoms with van der Waals surface area (Å²) in [6, 6.07) is 21.5. The zero-order chi connectivity index (χ0) is 31.5. The number of methoxy groups -OCH3 is 1. The summed E-state index contributed by atoms with van der Waals surface area (Å²) in [7, 11) is -2.11. The molecule has 1 unspecified atom stereocenters. The van der Waals surface area contributed by atoms with Crippen molar-refractivity contribution in [2.45, 2.75) is 70.0 Å². The minimum Gasteiger partial charge on any atom is -0.497 e. The number of sulfonamides is 1. The molecule has 1 N–H and O–H groups in total. The lowest BCUT2D eigenvalue weighted by molar-refractivity contribution is -0.141. The van der Waals surface area contributed by atoms with E-state index in [4.69, 9.17) is 4.74 Å². The van der Waals surface area contributed by atoms with E-state index >= 15 is 0 Å². The van der Waals surface area contributed by atoms with Gasteiger partial charge in [-0.05, 0) is 66.8 Å². The molecule has 0 spiro atoms. The molecular formula is C34H42FN3O5S. The first-order chi connectivity index (χ1) is 21.1. The number of rotatable bonds is 14. The first kappa shape index (κ1) is 33.0. The maximum atomic E-state index is 14.0. The Morgan fingerprint density at radius 1 is 0.955 bits per heavy atom. The molecule has 0 aromatic heterocycles. The summed E-state index contributed by atoms with van der Waals surface area (Å²) in [6.07, 6.45) is 6.74. The van der Waals surface area contributed by atoms with E-state index < -0.39 is 21.9 Å². The van der Waals surface area contributed by atoms with Gasteiger partial charge >= 0.3 is 0 Å². The van der Waals surface area contributed by atoms with Crippen LogP contribution in [0.2, 0.25) is 0 Å². The lowest BCUT2D eigenvalue weighted by atomic mass is 9.94. The van der Waals surface area contributed by atoms with E-state index in [9.17, 15) is 22.4 Å². The fourth-order valence-electron chi connectivity index (χ4n) is 5.68. The normalized spacial score (nSPS) is 14.4. The second kappa shape index (κ2) is 15.7. The summed E-state index contributed by atoms with van der Waals surface area (Å²) < 4.78 is 45.3. The maximum absolute atomic E-state index is 14.0. The summed E-state index contributed by atoms with van der Waals surface area (Å²) >= 11 is 0. The molecule has 0 saturated heterocycles. The van der Waals surface area contributed by atoms with E-state index in [0.29, 0.717) is 17.9 Å². The van der Waals surface area contributed by atoms with Crippen molar-refractivity contribution in [3.8, 4) is 5.75 Å². The van der Waals surface area contributed by atoms with Gasteiger partial charge in [-0.2, -0.15) is 0 Å². The monoisotopic (exact) mass is 623 g/mol. The Bertz CT molecular complexity index is 1480. The Balaban J connectivity index is 1.60. The van der Waals surface area contributed by atoms with Gasteiger partial charge < -0.3 is 15.0 Å². The molecule has 3 aromatic rings. The SMILES string of the molecule is COc1cccc(CN(C(=O)CCCN(c2ccc(F)cc2)S(C)(=O)=O)C(Cc2ccccc2)C(=O)NC2CCCCC2)c1. The first-order valence-electron chi connectivity index (χ1n) is 15.1. The molecule has 0 aliphatic heterocycles. The third-order valence-corrected chi connectivity index (χ3v) is 9.17. The average Bonchev–Trinajstić information content (AvgIpc) is 3.02. The standard InChI is InChI=1S/C34H42FN3O5S/c1-43-31-16-9-13-27(23-31)25-37(33(39)17-10-22-38(44(2,41)42)30-20-18-28(35)19-21-30)32(24-26-11-5-3-6-12-26)34(40)36-29-14-7-4-8-15-29/h3,5-6,9,11-13,16,18-21,23,29,32H,4,7-8,10,14-15,17,22,24-25H2,1-2H3,(H,36,40). The van der Waals surface area contributed by atoms with Crippen LogP contribution in [-0.2, 0) is 32.6 Å². The van der Waals surface area contributed by atoms with Gasteiger partial charge in [0, 0.05) is 32.0 Å². The van der Waals surface area contributed by atoms with Crippen molar-refractivity contribution in [1.29, 1.82) is 0 Å². The van der Waals surface area contributed by atoms with Crippen LogP contribution in [0.5, 0.6) is 5.75 Å². The first-order valence-corrected chi connectivity index (χ1v) is 17.0. The molecule has 236 valence electrons. The number of carbonyl (C=O) groups is 2. The number of nitrogens with one attached hydrogen (secondary N) is 1. The van der Waals surface area contributed by atoms with E-state index in [1.165, 1.54) is 28.6 Å². The zero-order valence-electron chi connectivity index (χ0n) is 25.5. The summed E-state index contributed by atoms with van der Waals surface area (Å²) in [4.78, 5) is 29.6. The lowest BCUT2D eigenvalue weighted by Crippen LogP contribution is -2.52. The molecule has 44 heavy (non-hydrogen) atoms. The van der Waals surface area contributed by atoms with Crippen molar-refractivity contribution >= 4 is 27.5 Å². The molecule has 0 bridgehead atoms. The van der Waals surface area contributed by atoms with E-state index in [1.807, 2.05) is 54.6 Å². The van der Waals surface area contributed by atoms with Crippen LogP contribution < -0.4 is 14.4 Å². The summed E-state index contributed by atoms with van der Waals surface area (Å²) in [5, 5.41) is 3.23. The molecule has 0 heterocycles. The second-order valence-electron chi connectivity index (χ2n) is 11.3. The number of halogens is 1. The summed E-state index contributed by atoms with van der Waals surface area (Å²) in [5.41, 5.74) is 2.06. The van der Waals surface area contributed by atoms with Gasteiger partial charge in [-0.15, -0.1) is 0 Å². The molecule has 3 aromatic carbocycles. The van der Waals surface area contributed by atoms with E-state index in [1.54, 1.807) is 12.0 Å². The van der Waals surface area contributed by atoms with Crippen molar-refractivity contribution in [1.82, 2.24) is 10.2 Å². The number of hydrogen-bond acceptors (Lipinski definition) is 5. The van der Waals surface area contributed by atoms with Gasteiger partial charge in [0.1, 0.15) is 17.6 Å². The third kappa shape index (κ3) is 9.54. The highest BCUT2D eigenvalue weighted by atomic mass is 32.2. The molecule has 1 aliphatic rings. The maximum Gasteiger partial charge on any atom is 0.243 e. The topological polar surface area (TPSA) is 96.0 Å². The Hall–Kier alpha value is -3.92. The van der Waals surface area contributed by atoms with Crippen LogP contribution in [0, 0.1) is 5.82 Å². The Morgan fingerprint density at radius 2 is 1.64 bits per heavy atom. The van der Waals surface area contributed by atoms with Crippen molar-refractivity contribution in [2.24, 2.45) is 0 Å². The largest absolute Gasteiger partial charge is 0.497 e. The number of ether oxygens (including phenoxy) is 1. The Kier molecular flexibility index (Phi) is 11.8. The van der Waals surface area contributed by atoms with Crippen molar-refractivity contribution in [2.75, 3.05) is 24.2 Å². The Labute approximate surface area is 260 Å². The lowest BCUT2D eigenvalue weighted by Gasteiger charge is -2.34. The number of amides is 2. The predicted octanol–water partition coefficient (Wildman–Crippen LogP) is 5.47. The van der Waals surface area contributed by atoms with Gasteiger partial charge in [-0.3, -0.25) is 13.9 Å². The Morgan fingerprint density at radius 3 is 2.30 bits per heavy atom. The van der Waals surface area contributed by atoms with Crippen LogP contribution in [0.15, 0.2) is 78.9 Å². The number of carbonyl (C=O) groups excluding carboxylic acids is 2. The van der Waals surface area contributed by atoms with Crippen molar-refractivity contribution < 1.29 is 27.1 Å². The molecule has 1 atom stereocenters. The highest BCUT2D eigenvalue weighted by Crippen LogP contribution is 2.23. The molecule has 1 aliphatic carbocycles. The highest BCUT2D eigenvalue weighted by molar-refractivity contribution is 7.92. The van der Waals surface area contributed by atoms with Crippen LogP contribution in [-0.4, -0.2) is 57.1 Å². The average molecular weight is 624 g/mol. The zero-order valence-corrected chi connectivity index (χ0v) is 26.3. The van der Waals surface area contributed by atoms with Crippen LogP contribution in [0.25, 0.3) is 0 Å². The van der Waals surface area contributed by atoms with Gasteiger partial charge in [-0.25, -0.2) is 12.8 Å². The van der Waals surface area contributed by atoms with E-state index in [0.717, 1.165) is 49.5 Å². The van der Waals surface area contributed by atoms with E-state index in [-0.39, 0.29) is 43.8 Å². The third-order valence-electron chi connectivity index (χ3n) is 7.98. The van der Waals surface area contributed by atoms with E-state index in [2.05, 4.69) is 5.32 Å². The molecule has 8 nitrogen and oxygen atoms in total. The molecule has 10 heteroatoms. The minimum absolute atomic E-state index is 0.0131. The van der Waals surface area contributed by atoms with Gasteiger partial charge in [0.15, 0.2) is 0 Å². The highest BCUT2D eigenvalue weighted by Gasteiger charge is 2.32. The van der Waals surface area contributed by atoms with Crippen molar-refractivity contribution in [3.63, 3.8) is 0 Å². The number of benzene rings is 3. The second-order valence-corrected chi connectivity index (χ2v) is 13.2. The van der Waals surface area contributed by atoms with Crippen LogP contribution >= 0.6 is 0 Å². The minimum atomic E-state index is -3.68. The summed E-state index contributed by atoms with van der Waals surface area (Å²) in [5.74, 6) is -0.285. The summed E-state index contributed by atoms with van der Waals surface area (Å²) in [6.45, 7) is 0.209. The van der Waals surface area contributed by atoms with Gasteiger partial charge in [0.2, 0.25) is 21.8 Å². The van der Waals surface area contributed by atoms with Gasteiger partial charge in [0.05, 0.1) is 19.1 Å². The number of nitrogens with zero attached hydrogens (tertiary/aromatic N) is 2. The van der Waals surface area contributed by atoms with Crippen molar-refractivity contribution in [3.05, 3.63) is 95.8 Å². The molecule has 1 saturated carbocycles. The van der Waals surface area contributed by atoms with Crippen LogP contribution in [0.1, 0.15) is 56.1 Å². The van der Waals surface area contributed by atoms with Gasteiger partial charge in [0.25, 0.3) is 0 Å². The fourth-order valence-corrected chi connectivity index (χ4v) is 6.64. The van der Waals surface area contributed by atoms with Crippen LogP contribution in [0.3, 0.4) is 0 Å².